The predicted molar refractivity (Wildman–Crippen MR) is 92.1 cm³/mol. The number of carbonyl (C=O) groups excluding carboxylic acids is 1. The van der Waals surface area contributed by atoms with Crippen LogP contribution >= 0.6 is 0 Å². The van der Waals surface area contributed by atoms with E-state index in [-0.39, 0.29) is 5.91 Å². The number of carbonyl (C=O) groups is 1. The SMILES string of the molecule is CCOc1ccc(CCC(=O)N2CCCCCC2)cc1OCC. The summed E-state index contributed by atoms with van der Waals surface area (Å²) < 4.78 is 11.2. The molecule has 1 amide bonds. The van der Waals surface area contributed by atoms with Gasteiger partial charge in [-0.3, -0.25) is 4.79 Å². The molecule has 1 aliphatic rings. The van der Waals surface area contributed by atoms with Crippen LogP contribution in [0.25, 0.3) is 0 Å². The summed E-state index contributed by atoms with van der Waals surface area (Å²) in [6.07, 6.45) is 6.11. The Labute approximate surface area is 139 Å². The predicted octanol–water partition coefficient (Wildman–Crippen LogP) is 3.82. The molecule has 4 nitrogen and oxygen atoms in total. The molecule has 4 heteroatoms. The Hall–Kier alpha value is -1.71. The summed E-state index contributed by atoms with van der Waals surface area (Å²) in [4.78, 5) is 14.4. The van der Waals surface area contributed by atoms with Crippen molar-refractivity contribution in [1.29, 1.82) is 0 Å². The first-order valence-electron chi connectivity index (χ1n) is 8.91. The van der Waals surface area contributed by atoms with Crippen LogP contribution in [0.4, 0.5) is 0 Å². The van der Waals surface area contributed by atoms with E-state index in [1.807, 2.05) is 36.9 Å². The number of ether oxygens (including phenoxy) is 2. The summed E-state index contributed by atoms with van der Waals surface area (Å²) in [7, 11) is 0. The first kappa shape index (κ1) is 17.6. The lowest BCUT2D eigenvalue weighted by Crippen LogP contribution is -2.31. The zero-order chi connectivity index (χ0) is 16.5. The first-order valence-corrected chi connectivity index (χ1v) is 8.91. The minimum absolute atomic E-state index is 0.277. The van der Waals surface area contributed by atoms with Crippen molar-refractivity contribution in [2.75, 3.05) is 26.3 Å². The average Bonchev–Trinajstić information content (AvgIpc) is 2.84. The highest BCUT2D eigenvalue weighted by Gasteiger charge is 2.15. The largest absolute Gasteiger partial charge is 0.490 e. The Kier molecular flexibility index (Phi) is 7.24. The number of nitrogens with zero attached hydrogens (tertiary/aromatic N) is 1. The summed E-state index contributed by atoms with van der Waals surface area (Å²) in [6, 6.07) is 5.98. The summed E-state index contributed by atoms with van der Waals surface area (Å²) >= 11 is 0. The minimum Gasteiger partial charge on any atom is -0.490 e. The van der Waals surface area contributed by atoms with Crippen molar-refractivity contribution >= 4 is 5.91 Å². The van der Waals surface area contributed by atoms with Gasteiger partial charge in [-0.1, -0.05) is 18.9 Å². The van der Waals surface area contributed by atoms with Crippen LogP contribution in [-0.4, -0.2) is 37.1 Å². The monoisotopic (exact) mass is 319 g/mol. The second kappa shape index (κ2) is 9.43. The fraction of sp³-hybridized carbons (Fsp3) is 0.632. The van der Waals surface area contributed by atoms with Crippen molar-refractivity contribution in [2.45, 2.75) is 52.4 Å². The van der Waals surface area contributed by atoms with Gasteiger partial charge < -0.3 is 14.4 Å². The summed E-state index contributed by atoms with van der Waals surface area (Å²) in [6.45, 7) is 7.00. The van der Waals surface area contributed by atoms with Gasteiger partial charge in [0, 0.05) is 19.5 Å². The van der Waals surface area contributed by atoms with Crippen LogP contribution in [0.5, 0.6) is 11.5 Å². The number of aryl methyl sites for hydroxylation is 1. The molecule has 23 heavy (non-hydrogen) atoms. The van der Waals surface area contributed by atoms with Crippen LogP contribution in [0.1, 0.15) is 51.5 Å². The van der Waals surface area contributed by atoms with E-state index in [0.717, 1.165) is 49.4 Å². The zero-order valence-electron chi connectivity index (χ0n) is 14.5. The van der Waals surface area contributed by atoms with E-state index in [1.54, 1.807) is 0 Å². The lowest BCUT2D eigenvalue weighted by Gasteiger charge is -2.20. The van der Waals surface area contributed by atoms with Crippen molar-refractivity contribution in [2.24, 2.45) is 0 Å². The maximum atomic E-state index is 12.4. The first-order chi connectivity index (χ1) is 11.2. The van der Waals surface area contributed by atoms with E-state index in [2.05, 4.69) is 0 Å². The van der Waals surface area contributed by atoms with Gasteiger partial charge >= 0.3 is 0 Å². The second-order valence-electron chi connectivity index (χ2n) is 5.94. The summed E-state index contributed by atoms with van der Waals surface area (Å²) in [5, 5.41) is 0. The molecule has 0 radical (unpaired) electrons. The van der Waals surface area contributed by atoms with Gasteiger partial charge in [0.15, 0.2) is 11.5 Å². The van der Waals surface area contributed by atoms with Crippen molar-refractivity contribution in [1.82, 2.24) is 4.90 Å². The standard InChI is InChI=1S/C19H29NO3/c1-3-22-17-11-9-16(15-18(17)23-4-2)10-12-19(21)20-13-7-5-6-8-14-20/h9,11,15H,3-8,10,12-14H2,1-2H3. The number of benzene rings is 1. The lowest BCUT2D eigenvalue weighted by molar-refractivity contribution is -0.131. The van der Waals surface area contributed by atoms with E-state index >= 15 is 0 Å². The molecule has 0 saturated carbocycles. The molecule has 0 unspecified atom stereocenters. The molecule has 1 aliphatic heterocycles. The molecule has 1 aromatic rings. The van der Waals surface area contributed by atoms with Crippen molar-refractivity contribution in [3.8, 4) is 11.5 Å². The molecule has 0 aromatic heterocycles. The smallest absolute Gasteiger partial charge is 0.222 e. The Morgan fingerprint density at radius 2 is 1.65 bits per heavy atom. The van der Waals surface area contributed by atoms with Crippen LogP contribution in [0.15, 0.2) is 18.2 Å². The van der Waals surface area contributed by atoms with Crippen LogP contribution < -0.4 is 9.47 Å². The zero-order valence-corrected chi connectivity index (χ0v) is 14.5. The van der Waals surface area contributed by atoms with Crippen LogP contribution in [0.3, 0.4) is 0 Å². The van der Waals surface area contributed by atoms with E-state index in [0.29, 0.717) is 19.6 Å². The van der Waals surface area contributed by atoms with Gasteiger partial charge in [-0.05, 0) is 50.8 Å². The van der Waals surface area contributed by atoms with E-state index < -0.39 is 0 Å². The number of hydrogen-bond donors (Lipinski definition) is 0. The van der Waals surface area contributed by atoms with Crippen LogP contribution in [0.2, 0.25) is 0 Å². The highest BCUT2D eigenvalue weighted by molar-refractivity contribution is 5.76. The van der Waals surface area contributed by atoms with Gasteiger partial charge in [0.1, 0.15) is 0 Å². The minimum atomic E-state index is 0.277. The normalized spacial score (nSPS) is 15.1. The molecule has 2 rings (SSSR count). The van der Waals surface area contributed by atoms with Gasteiger partial charge in [-0.15, -0.1) is 0 Å². The number of hydrogen-bond acceptors (Lipinski definition) is 3. The Bertz CT molecular complexity index is 493. The molecule has 1 saturated heterocycles. The van der Waals surface area contributed by atoms with Gasteiger partial charge in [0.25, 0.3) is 0 Å². The third-order valence-electron chi connectivity index (χ3n) is 4.19. The molecular weight excluding hydrogens is 290 g/mol. The third-order valence-corrected chi connectivity index (χ3v) is 4.19. The average molecular weight is 319 g/mol. The van der Waals surface area contributed by atoms with Crippen LogP contribution in [-0.2, 0) is 11.2 Å². The number of amides is 1. The van der Waals surface area contributed by atoms with E-state index in [1.165, 1.54) is 12.8 Å². The maximum absolute atomic E-state index is 12.4. The fourth-order valence-electron chi connectivity index (χ4n) is 2.98. The second-order valence-corrected chi connectivity index (χ2v) is 5.94. The van der Waals surface area contributed by atoms with Gasteiger partial charge in [-0.25, -0.2) is 0 Å². The highest BCUT2D eigenvalue weighted by atomic mass is 16.5. The van der Waals surface area contributed by atoms with Crippen LogP contribution in [0, 0.1) is 0 Å². The number of rotatable bonds is 7. The van der Waals surface area contributed by atoms with Gasteiger partial charge in [0.05, 0.1) is 13.2 Å². The summed E-state index contributed by atoms with van der Waals surface area (Å²) in [5.41, 5.74) is 1.13. The molecule has 1 heterocycles. The third kappa shape index (κ3) is 5.45. The molecule has 0 spiro atoms. The topological polar surface area (TPSA) is 38.8 Å². The van der Waals surface area contributed by atoms with Crippen molar-refractivity contribution in [3.63, 3.8) is 0 Å². The Morgan fingerprint density at radius 3 is 2.30 bits per heavy atom. The Morgan fingerprint density at radius 1 is 1.00 bits per heavy atom. The molecule has 0 aliphatic carbocycles. The fourth-order valence-corrected chi connectivity index (χ4v) is 2.98. The maximum Gasteiger partial charge on any atom is 0.222 e. The lowest BCUT2D eigenvalue weighted by atomic mass is 10.1. The van der Waals surface area contributed by atoms with Crippen molar-refractivity contribution < 1.29 is 14.3 Å². The molecular formula is C19H29NO3. The highest BCUT2D eigenvalue weighted by Crippen LogP contribution is 2.29. The quantitative estimate of drug-likeness (QED) is 0.767. The van der Waals surface area contributed by atoms with Gasteiger partial charge in [0.2, 0.25) is 5.91 Å². The van der Waals surface area contributed by atoms with Gasteiger partial charge in [-0.2, -0.15) is 0 Å². The molecule has 0 bridgehead atoms. The molecule has 1 fully saturated rings. The Balaban J connectivity index is 1.93. The molecule has 0 atom stereocenters. The molecule has 128 valence electrons. The summed E-state index contributed by atoms with van der Waals surface area (Å²) in [5.74, 6) is 1.82. The van der Waals surface area contributed by atoms with Crippen molar-refractivity contribution in [3.05, 3.63) is 23.8 Å². The number of likely N-dealkylation sites (tertiary alicyclic amines) is 1. The molecule has 0 N–H and O–H groups in total. The van der Waals surface area contributed by atoms with E-state index in [4.69, 9.17) is 9.47 Å². The molecule has 1 aromatic carbocycles. The van der Waals surface area contributed by atoms with E-state index in [9.17, 15) is 4.79 Å².